The molecule has 0 radical (unpaired) electrons. The Labute approximate surface area is 85.6 Å². The Morgan fingerprint density at radius 3 is 2.79 bits per heavy atom. The highest BCUT2D eigenvalue weighted by atomic mass is 32.1. The van der Waals surface area contributed by atoms with Gasteiger partial charge in [-0.05, 0) is 17.5 Å². The number of rotatable bonds is 1. The van der Waals surface area contributed by atoms with Gasteiger partial charge in [-0.1, -0.05) is 30.4 Å². The van der Waals surface area contributed by atoms with Crippen LogP contribution in [0.15, 0.2) is 30.3 Å². The molecule has 0 fully saturated rings. The van der Waals surface area contributed by atoms with E-state index in [9.17, 15) is 4.79 Å². The molecule has 0 saturated heterocycles. The molecule has 0 aliphatic carbocycles. The first-order valence-corrected chi connectivity index (χ1v) is 4.51. The van der Waals surface area contributed by atoms with Crippen LogP contribution in [0.3, 0.4) is 0 Å². The molecule has 2 aromatic rings. The molecule has 2 rings (SSSR count). The fourth-order valence-electron chi connectivity index (χ4n) is 1.33. The summed E-state index contributed by atoms with van der Waals surface area (Å²) in [4.78, 5) is 14.0. The van der Waals surface area contributed by atoms with Crippen molar-refractivity contribution in [3.05, 3.63) is 40.5 Å². The second kappa shape index (κ2) is 3.23. The number of aromatic nitrogens is 1. The first-order chi connectivity index (χ1) is 6.68. The molecule has 0 bridgehead atoms. The molecule has 0 atom stereocenters. The summed E-state index contributed by atoms with van der Waals surface area (Å²) in [6.45, 7) is 0. The number of benzene rings is 1. The second-order valence-corrected chi connectivity index (χ2v) is 3.37. The van der Waals surface area contributed by atoms with Crippen molar-refractivity contribution in [3.8, 4) is 0 Å². The molecule has 0 aliphatic rings. The van der Waals surface area contributed by atoms with E-state index in [1.54, 1.807) is 6.07 Å². The minimum absolute atomic E-state index is 0.360. The number of para-hydroxylation sites is 1. The fraction of sp³-hybridized carbons (Fsp3) is 0. The van der Waals surface area contributed by atoms with E-state index >= 15 is 0 Å². The molecule has 0 aliphatic heterocycles. The summed E-state index contributed by atoms with van der Waals surface area (Å²) in [7, 11) is 0. The second-order valence-electron chi connectivity index (χ2n) is 2.96. The highest BCUT2D eigenvalue weighted by molar-refractivity contribution is 7.71. The lowest BCUT2D eigenvalue weighted by atomic mass is 10.1. The Morgan fingerprint density at radius 1 is 1.36 bits per heavy atom. The van der Waals surface area contributed by atoms with Crippen molar-refractivity contribution in [2.75, 3.05) is 0 Å². The van der Waals surface area contributed by atoms with Gasteiger partial charge in [0, 0.05) is 5.52 Å². The largest absolute Gasteiger partial charge is 0.366 e. The Morgan fingerprint density at radius 2 is 2.07 bits per heavy atom. The molecule has 1 aromatic carbocycles. The predicted molar refractivity (Wildman–Crippen MR) is 57.7 cm³/mol. The average molecular weight is 204 g/mol. The summed E-state index contributed by atoms with van der Waals surface area (Å²) >= 11 is 5.00. The summed E-state index contributed by atoms with van der Waals surface area (Å²) in [5.74, 6) is -0.503. The van der Waals surface area contributed by atoms with Gasteiger partial charge >= 0.3 is 0 Å². The van der Waals surface area contributed by atoms with Crippen molar-refractivity contribution in [1.29, 1.82) is 0 Å². The van der Waals surface area contributed by atoms with E-state index in [1.807, 2.05) is 24.3 Å². The van der Waals surface area contributed by atoms with Crippen LogP contribution in [0.5, 0.6) is 0 Å². The van der Waals surface area contributed by atoms with Crippen LogP contribution in [-0.4, -0.2) is 10.9 Å². The van der Waals surface area contributed by atoms with Crippen LogP contribution < -0.4 is 5.73 Å². The first kappa shape index (κ1) is 8.90. The quantitative estimate of drug-likeness (QED) is 0.698. The Hall–Kier alpha value is -1.68. The summed E-state index contributed by atoms with van der Waals surface area (Å²) < 4.78 is 0.385. The SMILES string of the molecule is NC(=O)c1cc2ccccc2[nH]c1=S. The summed E-state index contributed by atoms with van der Waals surface area (Å²) in [6.07, 6.45) is 0. The molecular formula is C10H8N2OS. The standard InChI is InChI=1S/C10H8N2OS/c11-9(13)7-5-6-3-1-2-4-8(6)12-10(7)14/h1-5H,(H2,11,13)(H,12,14). The number of pyridine rings is 1. The van der Waals surface area contributed by atoms with Gasteiger partial charge in [-0.15, -0.1) is 0 Å². The van der Waals surface area contributed by atoms with Crippen molar-refractivity contribution >= 4 is 29.0 Å². The van der Waals surface area contributed by atoms with Gasteiger partial charge in [0.1, 0.15) is 4.64 Å². The molecule has 0 spiro atoms. The van der Waals surface area contributed by atoms with Gasteiger partial charge in [0.25, 0.3) is 5.91 Å². The molecule has 14 heavy (non-hydrogen) atoms. The van der Waals surface area contributed by atoms with Crippen LogP contribution in [0.1, 0.15) is 10.4 Å². The zero-order valence-electron chi connectivity index (χ0n) is 7.28. The maximum atomic E-state index is 11.0. The first-order valence-electron chi connectivity index (χ1n) is 4.10. The van der Waals surface area contributed by atoms with Crippen LogP contribution in [-0.2, 0) is 0 Å². The van der Waals surface area contributed by atoms with Gasteiger partial charge in [-0.25, -0.2) is 0 Å². The van der Waals surface area contributed by atoms with E-state index in [2.05, 4.69) is 4.98 Å². The van der Waals surface area contributed by atoms with E-state index < -0.39 is 5.91 Å². The van der Waals surface area contributed by atoms with Crippen molar-refractivity contribution in [2.24, 2.45) is 5.73 Å². The number of aromatic amines is 1. The van der Waals surface area contributed by atoms with Crippen LogP contribution in [0.4, 0.5) is 0 Å². The van der Waals surface area contributed by atoms with Crippen molar-refractivity contribution in [2.45, 2.75) is 0 Å². The van der Waals surface area contributed by atoms with E-state index in [4.69, 9.17) is 18.0 Å². The highest BCUT2D eigenvalue weighted by Gasteiger charge is 2.04. The number of carbonyl (C=O) groups excluding carboxylic acids is 1. The smallest absolute Gasteiger partial charge is 0.251 e. The van der Waals surface area contributed by atoms with Gasteiger partial charge in [-0.2, -0.15) is 0 Å². The number of hydrogen-bond donors (Lipinski definition) is 2. The Kier molecular flexibility index (Phi) is 2.05. The minimum atomic E-state index is -0.503. The Bertz CT molecular complexity index is 559. The predicted octanol–water partition coefficient (Wildman–Crippen LogP) is 2.00. The zero-order chi connectivity index (χ0) is 10.1. The molecule has 3 nitrogen and oxygen atoms in total. The number of fused-ring (bicyclic) bond motifs is 1. The van der Waals surface area contributed by atoms with Gasteiger partial charge in [-0.3, -0.25) is 4.79 Å². The maximum Gasteiger partial charge on any atom is 0.251 e. The average Bonchev–Trinajstić information content (AvgIpc) is 2.16. The number of primary amides is 1. The summed E-state index contributed by atoms with van der Waals surface area (Å²) in [5.41, 5.74) is 6.45. The molecule has 1 amide bonds. The van der Waals surface area contributed by atoms with Gasteiger partial charge in [0.15, 0.2) is 0 Å². The number of nitrogens with two attached hydrogens (primary N) is 1. The number of nitrogens with one attached hydrogen (secondary N) is 1. The molecule has 3 N–H and O–H groups in total. The minimum Gasteiger partial charge on any atom is -0.366 e. The lowest BCUT2D eigenvalue weighted by molar-refractivity contribution is 0.0999. The van der Waals surface area contributed by atoms with E-state index in [-0.39, 0.29) is 0 Å². The summed E-state index contributed by atoms with van der Waals surface area (Å²) in [5, 5.41) is 0.926. The van der Waals surface area contributed by atoms with Gasteiger partial charge < -0.3 is 10.7 Å². The molecule has 4 heteroatoms. The molecular weight excluding hydrogens is 196 g/mol. The molecule has 0 unspecified atom stereocenters. The van der Waals surface area contributed by atoms with Crippen molar-refractivity contribution < 1.29 is 4.79 Å². The number of amides is 1. The molecule has 70 valence electrons. The molecule has 1 heterocycles. The normalized spacial score (nSPS) is 10.3. The van der Waals surface area contributed by atoms with E-state index in [1.165, 1.54) is 0 Å². The molecule has 0 saturated carbocycles. The Balaban J connectivity index is 2.84. The lowest BCUT2D eigenvalue weighted by Crippen LogP contribution is -2.12. The maximum absolute atomic E-state index is 11.0. The highest BCUT2D eigenvalue weighted by Crippen LogP contribution is 2.13. The third-order valence-corrected chi connectivity index (χ3v) is 2.34. The van der Waals surface area contributed by atoms with Crippen LogP contribution in [0, 0.1) is 4.64 Å². The van der Waals surface area contributed by atoms with E-state index in [0.717, 1.165) is 10.9 Å². The number of carbonyl (C=O) groups is 1. The third-order valence-electron chi connectivity index (χ3n) is 2.02. The molecule has 1 aromatic heterocycles. The van der Waals surface area contributed by atoms with Crippen LogP contribution >= 0.6 is 12.2 Å². The fourth-order valence-corrected chi connectivity index (χ4v) is 1.60. The lowest BCUT2D eigenvalue weighted by Gasteiger charge is -2.00. The van der Waals surface area contributed by atoms with Crippen molar-refractivity contribution in [1.82, 2.24) is 4.98 Å². The third kappa shape index (κ3) is 1.40. The topological polar surface area (TPSA) is 58.9 Å². The number of hydrogen-bond acceptors (Lipinski definition) is 2. The monoisotopic (exact) mass is 204 g/mol. The van der Waals surface area contributed by atoms with Gasteiger partial charge in [0.05, 0.1) is 5.56 Å². The van der Waals surface area contributed by atoms with E-state index in [0.29, 0.717) is 10.2 Å². The van der Waals surface area contributed by atoms with Crippen LogP contribution in [0.25, 0.3) is 10.9 Å². The number of H-pyrrole nitrogens is 1. The summed E-state index contributed by atoms with van der Waals surface area (Å²) in [6, 6.07) is 9.29. The van der Waals surface area contributed by atoms with Crippen LogP contribution in [0.2, 0.25) is 0 Å². The van der Waals surface area contributed by atoms with Gasteiger partial charge in [0.2, 0.25) is 0 Å². The zero-order valence-corrected chi connectivity index (χ0v) is 8.10. The van der Waals surface area contributed by atoms with Crippen molar-refractivity contribution in [3.63, 3.8) is 0 Å².